The molecule has 1 amide bonds. The van der Waals surface area contributed by atoms with E-state index in [1.54, 1.807) is 24.5 Å². The van der Waals surface area contributed by atoms with E-state index in [1.807, 2.05) is 19.1 Å². The van der Waals surface area contributed by atoms with Gasteiger partial charge >= 0.3 is 0 Å². The largest absolute Gasteiger partial charge is 0.320 e. The number of carbonyl (C=O) groups excluding carboxylic acids is 1. The lowest BCUT2D eigenvalue weighted by Gasteiger charge is -2.21. The van der Waals surface area contributed by atoms with Gasteiger partial charge in [-0.05, 0) is 55.1 Å². The SMILES string of the molecule is Cc1nsc(Cc2cc(C#N)ccn2)c1C(=O)Nc1ccc(CC2CCCCC2)nc1. The lowest BCUT2D eigenvalue weighted by atomic mass is 9.86. The Hall–Kier alpha value is -3.11. The summed E-state index contributed by atoms with van der Waals surface area (Å²) in [7, 11) is 0. The normalized spacial score (nSPS) is 14.2. The first-order valence-electron chi connectivity index (χ1n) is 10.7. The maximum atomic E-state index is 13.0. The molecule has 1 aliphatic carbocycles. The van der Waals surface area contributed by atoms with E-state index in [9.17, 15) is 4.79 Å². The first-order valence-corrected chi connectivity index (χ1v) is 11.5. The summed E-state index contributed by atoms with van der Waals surface area (Å²) in [5.41, 5.74) is 4.32. The number of nitriles is 1. The molecule has 3 aromatic rings. The third-order valence-electron chi connectivity index (χ3n) is 5.75. The number of nitrogens with zero attached hydrogens (tertiary/aromatic N) is 4. The first-order chi connectivity index (χ1) is 15.1. The van der Waals surface area contributed by atoms with E-state index in [0.29, 0.717) is 28.9 Å². The summed E-state index contributed by atoms with van der Waals surface area (Å²) in [6.45, 7) is 1.83. The molecule has 0 bridgehead atoms. The van der Waals surface area contributed by atoms with E-state index >= 15 is 0 Å². The summed E-state index contributed by atoms with van der Waals surface area (Å²) >= 11 is 1.30. The number of aryl methyl sites for hydroxylation is 1. The molecule has 6 nitrogen and oxygen atoms in total. The standard InChI is InChI=1S/C24H25N5OS/c1-16-23(22(31-29-16)13-21-12-18(14-25)9-10-26-21)24(30)28-20-8-7-19(27-15-20)11-17-5-3-2-4-6-17/h7-10,12,15,17H,2-6,11,13H2,1H3,(H,28,30). The van der Waals surface area contributed by atoms with Crippen molar-refractivity contribution in [2.45, 2.75) is 51.9 Å². The summed E-state index contributed by atoms with van der Waals surface area (Å²) < 4.78 is 4.37. The van der Waals surface area contributed by atoms with Gasteiger partial charge in [-0.3, -0.25) is 14.8 Å². The van der Waals surface area contributed by atoms with Gasteiger partial charge in [0.1, 0.15) is 0 Å². The predicted octanol–water partition coefficient (Wildman–Crippen LogP) is 5.08. The van der Waals surface area contributed by atoms with Crippen molar-refractivity contribution >= 4 is 23.1 Å². The Balaban J connectivity index is 1.43. The van der Waals surface area contributed by atoms with Crippen molar-refractivity contribution in [3.05, 3.63) is 69.7 Å². The predicted molar refractivity (Wildman–Crippen MR) is 121 cm³/mol. The molecule has 7 heteroatoms. The van der Waals surface area contributed by atoms with Crippen LogP contribution in [0.5, 0.6) is 0 Å². The molecule has 1 fully saturated rings. The van der Waals surface area contributed by atoms with Crippen LogP contribution in [0.4, 0.5) is 5.69 Å². The van der Waals surface area contributed by atoms with Gasteiger partial charge in [0.2, 0.25) is 0 Å². The molecule has 0 aliphatic heterocycles. The van der Waals surface area contributed by atoms with Crippen LogP contribution in [-0.4, -0.2) is 20.2 Å². The number of pyridine rings is 2. The third kappa shape index (κ3) is 5.33. The fourth-order valence-electron chi connectivity index (χ4n) is 4.14. The minimum Gasteiger partial charge on any atom is -0.320 e. The second-order valence-electron chi connectivity index (χ2n) is 8.09. The van der Waals surface area contributed by atoms with Crippen molar-refractivity contribution in [2.75, 3.05) is 5.32 Å². The van der Waals surface area contributed by atoms with Gasteiger partial charge < -0.3 is 5.32 Å². The van der Waals surface area contributed by atoms with Crippen LogP contribution in [0.15, 0.2) is 36.7 Å². The second kappa shape index (κ2) is 9.80. The molecular formula is C24H25N5OS. The van der Waals surface area contributed by atoms with Crippen LogP contribution in [0.3, 0.4) is 0 Å². The summed E-state index contributed by atoms with van der Waals surface area (Å²) in [4.78, 5) is 22.7. The van der Waals surface area contributed by atoms with Crippen molar-refractivity contribution in [2.24, 2.45) is 5.92 Å². The zero-order valence-corrected chi connectivity index (χ0v) is 18.4. The van der Waals surface area contributed by atoms with Crippen molar-refractivity contribution < 1.29 is 4.79 Å². The Kier molecular flexibility index (Phi) is 6.68. The number of aromatic nitrogens is 3. The van der Waals surface area contributed by atoms with Crippen molar-refractivity contribution in [1.29, 1.82) is 5.26 Å². The topological polar surface area (TPSA) is 91.6 Å². The third-order valence-corrected chi connectivity index (χ3v) is 6.69. The minimum absolute atomic E-state index is 0.195. The van der Waals surface area contributed by atoms with Gasteiger partial charge in [0, 0.05) is 28.9 Å². The highest BCUT2D eigenvalue weighted by Gasteiger charge is 2.20. The van der Waals surface area contributed by atoms with E-state index in [0.717, 1.165) is 28.6 Å². The van der Waals surface area contributed by atoms with E-state index < -0.39 is 0 Å². The molecule has 0 atom stereocenters. The summed E-state index contributed by atoms with van der Waals surface area (Å²) in [5, 5.41) is 12.1. The summed E-state index contributed by atoms with van der Waals surface area (Å²) in [6, 6.07) is 9.47. The van der Waals surface area contributed by atoms with Gasteiger partial charge in [0.25, 0.3) is 5.91 Å². The van der Waals surface area contributed by atoms with Crippen LogP contribution >= 0.6 is 11.5 Å². The number of rotatable bonds is 6. The molecule has 3 aromatic heterocycles. The van der Waals surface area contributed by atoms with Crippen LogP contribution in [-0.2, 0) is 12.8 Å². The number of nitrogens with one attached hydrogen (secondary N) is 1. The molecule has 4 rings (SSSR count). The molecule has 0 spiro atoms. The van der Waals surface area contributed by atoms with E-state index in [4.69, 9.17) is 5.26 Å². The number of hydrogen-bond donors (Lipinski definition) is 1. The molecular weight excluding hydrogens is 406 g/mol. The molecule has 31 heavy (non-hydrogen) atoms. The molecule has 0 radical (unpaired) electrons. The molecule has 0 saturated heterocycles. The molecule has 0 aromatic carbocycles. The van der Waals surface area contributed by atoms with Crippen LogP contribution in [0.1, 0.15) is 70.0 Å². The lowest BCUT2D eigenvalue weighted by Crippen LogP contribution is -2.15. The van der Waals surface area contributed by atoms with E-state index in [1.165, 1.54) is 43.6 Å². The van der Waals surface area contributed by atoms with Gasteiger partial charge in [-0.2, -0.15) is 9.64 Å². The molecule has 3 heterocycles. The van der Waals surface area contributed by atoms with Crippen LogP contribution in [0.2, 0.25) is 0 Å². The molecule has 1 aliphatic rings. The van der Waals surface area contributed by atoms with Crippen molar-refractivity contribution in [3.63, 3.8) is 0 Å². The number of amides is 1. The van der Waals surface area contributed by atoms with Gasteiger partial charge in [-0.1, -0.05) is 32.1 Å². The smallest absolute Gasteiger partial charge is 0.258 e. The lowest BCUT2D eigenvalue weighted by molar-refractivity contribution is 0.102. The maximum absolute atomic E-state index is 13.0. The monoisotopic (exact) mass is 431 g/mol. The number of hydrogen-bond acceptors (Lipinski definition) is 6. The minimum atomic E-state index is -0.195. The van der Waals surface area contributed by atoms with Gasteiger partial charge in [0.15, 0.2) is 0 Å². The van der Waals surface area contributed by atoms with Crippen molar-refractivity contribution in [1.82, 2.24) is 14.3 Å². The van der Waals surface area contributed by atoms with E-state index in [-0.39, 0.29) is 5.91 Å². The van der Waals surface area contributed by atoms with E-state index in [2.05, 4.69) is 25.7 Å². The average Bonchev–Trinajstić information content (AvgIpc) is 3.16. The highest BCUT2D eigenvalue weighted by atomic mass is 32.1. The van der Waals surface area contributed by atoms with Crippen LogP contribution < -0.4 is 5.32 Å². The highest BCUT2D eigenvalue weighted by Crippen LogP contribution is 2.27. The second-order valence-corrected chi connectivity index (χ2v) is 8.95. The average molecular weight is 432 g/mol. The highest BCUT2D eigenvalue weighted by molar-refractivity contribution is 7.06. The van der Waals surface area contributed by atoms with Crippen LogP contribution in [0, 0.1) is 24.2 Å². The molecule has 1 saturated carbocycles. The first kappa shape index (κ1) is 21.1. The summed E-state index contributed by atoms with van der Waals surface area (Å²) in [5.74, 6) is 0.538. The fraction of sp³-hybridized carbons (Fsp3) is 0.375. The van der Waals surface area contributed by atoms with Gasteiger partial charge in [-0.15, -0.1) is 0 Å². The zero-order chi connectivity index (χ0) is 21.6. The molecule has 158 valence electrons. The Morgan fingerprint density at radius 2 is 2.03 bits per heavy atom. The van der Waals surface area contributed by atoms with Gasteiger partial charge in [0.05, 0.1) is 34.8 Å². The van der Waals surface area contributed by atoms with Crippen LogP contribution in [0.25, 0.3) is 0 Å². The number of carbonyl (C=O) groups is 1. The summed E-state index contributed by atoms with van der Waals surface area (Å²) in [6.07, 6.45) is 11.4. The quantitative estimate of drug-likeness (QED) is 0.588. The maximum Gasteiger partial charge on any atom is 0.258 e. The zero-order valence-electron chi connectivity index (χ0n) is 17.6. The Morgan fingerprint density at radius 3 is 2.77 bits per heavy atom. The molecule has 1 N–H and O–H groups in total. The Bertz CT molecular complexity index is 1090. The fourth-order valence-corrected chi connectivity index (χ4v) is 5.02. The Labute approximate surface area is 186 Å². The van der Waals surface area contributed by atoms with Crippen molar-refractivity contribution in [3.8, 4) is 6.07 Å². The number of anilines is 1. The Morgan fingerprint density at radius 1 is 1.19 bits per heavy atom. The van der Waals surface area contributed by atoms with Gasteiger partial charge in [-0.25, -0.2) is 0 Å². The molecule has 0 unspecified atom stereocenters.